The summed E-state index contributed by atoms with van der Waals surface area (Å²) in [6, 6.07) is 22.4. The summed E-state index contributed by atoms with van der Waals surface area (Å²) < 4.78 is 0. The predicted molar refractivity (Wildman–Crippen MR) is 109 cm³/mol. The van der Waals surface area contributed by atoms with Gasteiger partial charge in [0, 0.05) is 0 Å². The highest BCUT2D eigenvalue weighted by Crippen LogP contribution is 2.43. The first kappa shape index (κ1) is 13.2. The Bertz CT molecular complexity index is 1300. The van der Waals surface area contributed by atoms with Gasteiger partial charge in [-0.15, -0.1) is 0 Å². The topological polar surface area (TPSA) is 0 Å². The van der Waals surface area contributed by atoms with E-state index < -0.39 is 0 Å². The maximum Gasteiger partial charge on any atom is -0.00266 e. The van der Waals surface area contributed by atoms with Gasteiger partial charge in [0.2, 0.25) is 0 Å². The van der Waals surface area contributed by atoms with E-state index in [0.717, 1.165) is 6.42 Å². The van der Waals surface area contributed by atoms with Crippen LogP contribution < -0.4 is 0 Å². The smallest absolute Gasteiger partial charge is 0.00266 e. The Morgan fingerprint density at radius 2 is 1.52 bits per heavy atom. The third kappa shape index (κ3) is 1.71. The van der Waals surface area contributed by atoms with Crippen molar-refractivity contribution in [3.05, 3.63) is 95.6 Å². The van der Waals surface area contributed by atoms with Gasteiger partial charge < -0.3 is 0 Å². The second-order valence-corrected chi connectivity index (χ2v) is 6.93. The minimum absolute atomic E-state index is 1.03. The summed E-state index contributed by atoms with van der Waals surface area (Å²) in [4.78, 5) is 0. The molecule has 116 valence electrons. The molecule has 0 heterocycles. The molecule has 0 radical (unpaired) electrons. The van der Waals surface area contributed by atoms with Gasteiger partial charge >= 0.3 is 0 Å². The molecule has 0 nitrogen and oxygen atoms in total. The fourth-order valence-electron chi connectivity index (χ4n) is 4.46. The molecule has 0 aromatic heterocycles. The quantitative estimate of drug-likeness (QED) is 0.310. The highest BCUT2D eigenvalue weighted by molar-refractivity contribution is 6.22. The van der Waals surface area contributed by atoms with E-state index in [1.807, 2.05) is 0 Å². The number of allylic oxidation sites excluding steroid dienone is 5. The maximum absolute atomic E-state index is 2.36. The molecular weight excluding hydrogens is 300 g/mol. The summed E-state index contributed by atoms with van der Waals surface area (Å²) in [5.41, 5.74) is 5.51. The van der Waals surface area contributed by atoms with E-state index in [1.54, 1.807) is 0 Å². The first-order valence-corrected chi connectivity index (χ1v) is 8.86. The summed E-state index contributed by atoms with van der Waals surface area (Å²) in [7, 11) is 0. The van der Waals surface area contributed by atoms with Gasteiger partial charge in [0.05, 0.1) is 0 Å². The van der Waals surface area contributed by atoms with Gasteiger partial charge in [-0.3, -0.25) is 0 Å². The van der Waals surface area contributed by atoms with Crippen LogP contribution in [0.25, 0.3) is 44.0 Å². The molecule has 0 N–H and O–H groups in total. The largest absolute Gasteiger partial charge is 0.0801 e. The van der Waals surface area contributed by atoms with Crippen LogP contribution in [0.15, 0.2) is 84.5 Å². The second-order valence-electron chi connectivity index (χ2n) is 6.93. The lowest BCUT2D eigenvalue weighted by Gasteiger charge is -2.12. The molecule has 0 fully saturated rings. The lowest BCUT2D eigenvalue weighted by atomic mass is 9.92. The Morgan fingerprint density at radius 1 is 0.680 bits per heavy atom. The van der Waals surface area contributed by atoms with Gasteiger partial charge in [-0.1, -0.05) is 78.9 Å². The van der Waals surface area contributed by atoms with Crippen LogP contribution >= 0.6 is 0 Å². The van der Waals surface area contributed by atoms with E-state index in [-0.39, 0.29) is 0 Å². The van der Waals surface area contributed by atoms with Gasteiger partial charge in [-0.25, -0.2) is 0 Å². The number of hydrogen-bond acceptors (Lipinski definition) is 0. The molecule has 0 bridgehead atoms. The minimum atomic E-state index is 1.03. The van der Waals surface area contributed by atoms with E-state index in [9.17, 15) is 0 Å². The van der Waals surface area contributed by atoms with Crippen LogP contribution in [0.5, 0.6) is 0 Å². The van der Waals surface area contributed by atoms with Crippen molar-refractivity contribution in [2.75, 3.05) is 0 Å². The molecule has 0 aliphatic heterocycles. The molecule has 0 atom stereocenters. The zero-order chi connectivity index (χ0) is 16.4. The molecule has 0 amide bonds. The van der Waals surface area contributed by atoms with E-state index in [2.05, 4.69) is 85.0 Å². The normalized spacial score (nSPS) is 15.4. The summed E-state index contributed by atoms with van der Waals surface area (Å²) in [6.45, 7) is 0. The fraction of sp³-hybridized carbons (Fsp3) is 0.0400. The Morgan fingerprint density at radius 3 is 2.52 bits per heavy atom. The summed E-state index contributed by atoms with van der Waals surface area (Å²) >= 11 is 0. The molecule has 0 unspecified atom stereocenters. The standard InChI is InChI=1S/C25H16/c1-4-8-20-16(5-1)9-10-17-11-12-22-23(25(17)20)14-13-21-19-7-3-2-6-18(19)15-24(21)22/h1-2,4-15H,3H2. The molecular formula is C25H16. The summed E-state index contributed by atoms with van der Waals surface area (Å²) in [6.07, 6.45) is 10.2. The SMILES string of the molecule is C1=CC2=Cc3c(ccc4c3ccc3ccc5ccccc5c34)C2=CC1. The highest BCUT2D eigenvalue weighted by Gasteiger charge is 2.21. The van der Waals surface area contributed by atoms with Gasteiger partial charge in [-0.05, 0) is 67.1 Å². The van der Waals surface area contributed by atoms with Crippen LogP contribution in [0.2, 0.25) is 0 Å². The average Bonchev–Trinajstić information content (AvgIpc) is 3.06. The Kier molecular flexibility index (Phi) is 2.48. The molecule has 2 aliphatic rings. The van der Waals surface area contributed by atoms with E-state index in [1.165, 1.54) is 54.6 Å². The first-order chi connectivity index (χ1) is 12.4. The average molecular weight is 316 g/mol. The number of rotatable bonds is 0. The Labute approximate surface area is 146 Å². The van der Waals surface area contributed by atoms with Crippen molar-refractivity contribution in [2.45, 2.75) is 6.42 Å². The molecule has 0 heteroatoms. The fourth-order valence-corrected chi connectivity index (χ4v) is 4.46. The van der Waals surface area contributed by atoms with E-state index in [4.69, 9.17) is 0 Å². The molecule has 4 aromatic carbocycles. The maximum atomic E-state index is 2.36. The van der Waals surface area contributed by atoms with Crippen molar-refractivity contribution in [3.8, 4) is 0 Å². The molecule has 0 spiro atoms. The number of hydrogen-bond donors (Lipinski definition) is 0. The van der Waals surface area contributed by atoms with Crippen molar-refractivity contribution in [1.82, 2.24) is 0 Å². The molecule has 25 heavy (non-hydrogen) atoms. The zero-order valence-corrected chi connectivity index (χ0v) is 13.8. The molecule has 0 saturated heterocycles. The van der Waals surface area contributed by atoms with Crippen LogP contribution in [-0.4, -0.2) is 0 Å². The van der Waals surface area contributed by atoms with E-state index >= 15 is 0 Å². The number of fused-ring (bicyclic) bond motifs is 9. The van der Waals surface area contributed by atoms with Crippen molar-refractivity contribution < 1.29 is 0 Å². The zero-order valence-electron chi connectivity index (χ0n) is 13.8. The van der Waals surface area contributed by atoms with Crippen molar-refractivity contribution in [3.63, 3.8) is 0 Å². The van der Waals surface area contributed by atoms with Crippen molar-refractivity contribution in [2.24, 2.45) is 0 Å². The summed E-state index contributed by atoms with van der Waals surface area (Å²) in [5.74, 6) is 0. The Hall–Kier alpha value is -3.12. The Balaban J connectivity index is 1.80. The molecule has 6 rings (SSSR count). The first-order valence-electron chi connectivity index (χ1n) is 8.86. The third-order valence-corrected chi connectivity index (χ3v) is 5.60. The lowest BCUT2D eigenvalue weighted by Crippen LogP contribution is -1.88. The van der Waals surface area contributed by atoms with E-state index in [0.29, 0.717) is 0 Å². The predicted octanol–water partition coefficient (Wildman–Crippen LogP) is 6.89. The minimum Gasteiger partial charge on any atom is -0.0801 e. The summed E-state index contributed by atoms with van der Waals surface area (Å²) in [5, 5.41) is 8.04. The van der Waals surface area contributed by atoms with Gasteiger partial charge in [-0.2, -0.15) is 0 Å². The van der Waals surface area contributed by atoms with Crippen LogP contribution in [-0.2, 0) is 0 Å². The molecule has 2 aliphatic carbocycles. The van der Waals surface area contributed by atoms with Crippen molar-refractivity contribution >= 4 is 44.0 Å². The van der Waals surface area contributed by atoms with Crippen LogP contribution in [0, 0.1) is 0 Å². The van der Waals surface area contributed by atoms with Crippen LogP contribution in [0.4, 0.5) is 0 Å². The lowest BCUT2D eigenvalue weighted by molar-refractivity contribution is 1.36. The van der Waals surface area contributed by atoms with Gasteiger partial charge in [0.25, 0.3) is 0 Å². The number of benzene rings is 4. The highest BCUT2D eigenvalue weighted by atomic mass is 14.2. The van der Waals surface area contributed by atoms with Gasteiger partial charge in [0.15, 0.2) is 0 Å². The molecule has 4 aromatic rings. The third-order valence-electron chi connectivity index (χ3n) is 5.60. The van der Waals surface area contributed by atoms with Crippen LogP contribution in [0.1, 0.15) is 17.5 Å². The second kappa shape index (κ2) is 4.70. The van der Waals surface area contributed by atoms with Crippen molar-refractivity contribution in [1.29, 1.82) is 0 Å². The molecule has 0 saturated carbocycles. The monoisotopic (exact) mass is 316 g/mol. The van der Waals surface area contributed by atoms with Gasteiger partial charge in [0.1, 0.15) is 0 Å². The van der Waals surface area contributed by atoms with Crippen LogP contribution in [0.3, 0.4) is 0 Å².